The number of thiophene rings is 1. The van der Waals surface area contributed by atoms with Gasteiger partial charge in [0.2, 0.25) is 0 Å². The highest BCUT2D eigenvalue weighted by atomic mass is 79.9. The van der Waals surface area contributed by atoms with E-state index in [0.29, 0.717) is 10.5 Å². The molecular weight excluding hydrogens is 349 g/mol. The highest BCUT2D eigenvalue weighted by Gasteiger charge is 2.13. The average molecular weight is 370 g/mol. The van der Waals surface area contributed by atoms with Crippen molar-refractivity contribution in [2.45, 2.75) is 39.2 Å². The maximum atomic E-state index is 13.3. The van der Waals surface area contributed by atoms with Crippen LogP contribution in [0.2, 0.25) is 0 Å². The Kier molecular flexibility index (Phi) is 6.40. The monoisotopic (exact) mass is 369 g/mol. The summed E-state index contributed by atoms with van der Waals surface area (Å²) < 4.78 is 13.9. The van der Waals surface area contributed by atoms with Gasteiger partial charge in [0.05, 0.1) is 4.47 Å². The minimum absolute atomic E-state index is 0.219. The van der Waals surface area contributed by atoms with E-state index in [0.717, 1.165) is 31.4 Å². The molecule has 0 saturated carbocycles. The molecule has 0 saturated heterocycles. The van der Waals surface area contributed by atoms with E-state index >= 15 is 0 Å². The molecule has 0 bridgehead atoms. The Labute approximate surface area is 138 Å². The van der Waals surface area contributed by atoms with Crippen molar-refractivity contribution in [3.8, 4) is 10.4 Å². The fraction of sp³-hybridized carbons (Fsp3) is 0.412. The predicted molar refractivity (Wildman–Crippen MR) is 93.4 cm³/mol. The van der Waals surface area contributed by atoms with Gasteiger partial charge in [0.1, 0.15) is 5.82 Å². The molecule has 1 N–H and O–H groups in total. The van der Waals surface area contributed by atoms with Gasteiger partial charge in [-0.25, -0.2) is 4.39 Å². The third-order valence-electron chi connectivity index (χ3n) is 3.39. The molecule has 1 aromatic carbocycles. The number of hydrogen-bond donors (Lipinski definition) is 1. The third kappa shape index (κ3) is 4.38. The molecule has 2 aromatic rings. The number of rotatable bonds is 7. The Morgan fingerprint density at radius 2 is 2.00 bits per heavy atom. The molecule has 0 aliphatic carbocycles. The number of hydrogen-bond acceptors (Lipinski definition) is 2. The zero-order chi connectivity index (χ0) is 15.2. The van der Waals surface area contributed by atoms with E-state index in [4.69, 9.17) is 0 Å². The van der Waals surface area contributed by atoms with Gasteiger partial charge < -0.3 is 5.32 Å². The topological polar surface area (TPSA) is 12.0 Å². The lowest BCUT2D eigenvalue weighted by Gasteiger charge is -2.16. The minimum atomic E-state index is -0.219. The minimum Gasteiger partial charge on any atom is -0.309 e. The standard InChI is InChI=1S/C17H21BrFNS/c1-3-5-15(20-10-4-2)17-9-8-16(21-17)12-6-7-14(19)13(18)11-12/h6-9,11,15,20H,3-5,10H2,1-2H3. The lowest BCUT2D eigenvalue weighted by molar-refractivity contribution is 0.501. The van der Waals surface area contributed by atoms with Gasteiger partial charge in [-0.15, -0.1) is 11.3 Å². The second-order valence-corrected chi connectivity index (χ2v) is 7.10. The van der Waals surface area contributed by atoms with Gasteiger partial charge in [0.25, 0.3) is 0 Å². The summed E-state index contributed by atoms with van der Waals surface area (Å²) in [6.07, 6.45) is 3.45. The van der Waals surface area contributed by atoms with Crippen molar-refractivity contribution in [2.24, 2.45) is 0 Å². The SMILES string of the molecule is CCCNC(CCC)c1ccc(-c2ccc(F)c(Br)c2)s1. The Bertz CT molecular complexity index is 582. The molecule has 1 heterocycles. The summed E-state index contributed by atoms with van der Waals surface area (Å²) in [4.78, 5) is 2.55. The smallest absolute Gasteiger partial charge is 0.137 e. The van der Waals surface area contributed by atoms with Crippen LogP contribution in [0.3, 0.4) is 0 Å². The van der Waals surface area contributed by atoms with Crippen molar-refractivity contribution in [1.29, 1.82) is 0 Å². The Balaban J connectivity index is 2.20. The first-order valence-corrected chi connectivity index (χ1v) is 9.05. The van der Waals surface area contributed by atoms with Crippen molar-refractivity contribution in [3.05, 3.63) is 45.5 Å². The van der Waals surface area contributed by atoms with E-state index in [-0.39, 0.29) is 5.82 Å². The molecule has 1 unspecified atom stereocenters. The first-order valence-electron chi connectivity index (χ1n) is 7.44. The van der Waals surface area contributed by atoms with Crippen molar-refractivity contribution >= 4 is 27.3 Å². The van der Waals surface area contributed by atoms with Gasteiger partial charge in [-0.05, 0) is 65.1 Å². The van der Waals surface area contributed by atoms with E-state index in [1.807, 2.05) is 12.1 Å². The van der Waals surface area contributed by atoms with Gasteiger partial charge >= 0.3 is 0 Å². The molecule has 0 aliphatic rings. The van der Waals surface area contributed by atoms with Crippen molar-refractivity contribution in [3.63, 3.8) is 0 Å². The Hall–Kier alpha value is -0.710. The fourth-order valence-electron chi connectivity index (χ4n) is 2.30. The van der Waals surface area contributed by atoms with Gasteiger partial charge in [-0.1, -0.05) is 26.3 Å². The van der Waals surface area contributed by atoms with Crippen LogP contribution in [0.5, 0.6) is 0 Å². The van der Waals surface area contributed by atoms with Gasteiger partial charge in [-0.3, -0.25) is 0 Å². The lowest BCUT2D eigenvalue weighted by atomic mass is 10.1. The lowest BCUT2D eigenvalue weighted by Crippen LogP contribution is -2.21. The van der Waals surface area contributed by atoms with Crippen LogP contribution in [0.25, 0.3) is 10.4 Å². The Morgan fingerprint density at radius 1 is 1.19 bits per heavy atom. The Morgan fingerprint density at radius 3 is 2.67 bits per heavy atom. The summed E-state index contributed by atoms with van der Waals surface area (Å²) in [5, 5.41) is 3.61. The molecule has 1 atom stereocenters. The molecule has 1 aromatic heterocycles. The van der Waals surface area contributed by atoms with Crippen LogP contribution in [0.4, 0.5) is 4.39 Å². The molecule has 0 aliphatic heterocycles. The highest BCUT2D eigenvalue weighted by molar-refractivity contribution is 9.10. The largest absolute Gasteiger partial charge is 0.309 e. The quantitative estimate of drug-likeness (QED) is 0.616. The molecule has 0 fully saturated rings. The van der Waals surface area contributed by atoms with Crippen molar-refractivity contribution in [2.75, 3.05) is 6.54 Å². The normalized spacial score (nSPS) is 12.6. The second-order valence-electron chi connectivity index (χ2n) is 5.13. The zero-order valence-electron chi connectivity index (χ0n) is 12.5. The second kappa shape index (κ2) is 8.06. The van der Waals surface area contributed by atoms with Crippen LogP contribution in [0, 0.1) is 5.82 Å². The van der Waals surface area contributed by atoms with Crippen LogP contribution in [-0.2, 0) is 0 Å². The van der Waals surface area contributed by atoms with Crippen LogP contribution in [0.1, 0.15) is 44.0 Å². The molecule has 0 spiro atoms. The summed E-state index contributed by atoms with van der Waals surface area (Å²) in [6, 6.07) is 9.95. The molecule has 0 radical (unpaired) electrons. The predicted octanol–water partition coefficient (Wildman–Crippen LogP) is 6.16. The van der Waals surface area contributed by atoms with E-state index in [1.54, 1.807) is 11.3 Å². The van der Waals surface area contributed by atoms with Gasteiger partial charge in [0, 0.05) is 15.8 Å². The van der Waals surface area contributed by atoms with Crippen LogP contribution >= 0.6 is 27.3 Å². The first kappa shape index (κ1) is 16.7. The summed E-state index contributed by atoms with van der Waals surface area (Å²) in [5.41, 5.74) is 1.06. The molecular formula is C17H21BrFNS. The van der Waals surface area contributed by atoms with Crippen LogP contribution in [-0.4, -0.2) is 6.54 Å². The summed E-state index contributed by atoms with van der Waals surface area (Å²) in [7, 11) is 0. The van der Waals surface area contributed by atoms with E-state index in [2.05, 4.69) is 47.2 Å². The van der Waals surface area contributed by atoms with Crippen LogP contribution < -0.4 is 5.32 Å². The molecule has 2 rings (SSSR count). The summed E-state index contributed by atoms with van der Waals surface area (Å²) in [6.45, 7) is 5.44. The van der Waals surface area contributed by atoms with Gasteiger partial charge in [-0.2, -0.15) is 0 Å². The molecule has 1 nitrogen and oxygen atoms in total. The fourth-order valence-corrected chi connectivity index (χ4v) is 3.79. The van der Waals surface area contributed by atoms with E-state index in [1.165, 1.54) is 15.8 Å². The molecule has 0 amide bonds. The van der Waals surface area contributed by atoms with Gasteiger partial charge in [0.15, 0.2) is 0 Å². The average Bonchev–Trinajstić information content (AvgIpc) is 2.96. The highest BCUT2D eigenvalue weighted by Crippen LogP contribution is 2.34. The van der Waals surface area contributed by atoms with Crippen molar-refractivity contribution in [1.82, 2.24) is 5.32 Å². The molecule has 21 heavy (non-hydrogen) atoms. The van der Waals surface area contributed by atoms with Crippen LogP contribution in [0.15, 0.2) is 34.8 Å². The number of halogens is 2. The maximum Gasteiger partial charge on any atom is 0.137 e. The third-order valence-corrected chi connectivity index (χ3v) is 5.25. The summed E-state index contributed by atoms with van der Waals surface area (Å²) in [5.74, 6) is -0.219. The van der Waals surface area contributed by atoms with Crippen molar-refractivity contribution < 1.29 is 4.39 Å². The van der Waals surface area contributed by atoms with E-state index < -0.39 is 0 Å². The summed E-state index contributed by atoms with van der Waals surface area (Å²) >= 11 is 5.05. The number of benzene rings is 1. The molecule has 4 heteroatoms. The number of nitrogens with one attached hydrogen (secondary N) is 1. The maximum absolute atomic E-state index is 13.3. The molecule has 114 valence electrons. The first-order chi connectivity index (χ1) is 10.2. The van der Waals surface area contributed by atoms with E-state index in [9.17, 15) is 4.39 Å². The zero-order valence-corrected chi connectivity index (χ0v) is 14.9.